The molecule has 90 valence electrons. The van der Waals surface area contributed by atoms with E-state index in [4.69, 9.17) is 5.73 Å². The molecule has 0 saturated heterocycles. The SMILES string of the molecule is Cc1ccnc2c1nc(N)n2Cc1ccncc1. The molecule has 5 nitrogen and oxygen atoms in total. The number of nitrogen functional groups attached to an aromatic ring is 1. The summed E-state index contributed by atoms with van der Waals surface area (Å²) in [6.07, 6.45) is 5.31. The summed E-state index contributed by atoms with van der Waals surface area (Å²) in [7, 11) is 0. The summed E-state index contributed by atoms with van der Waals surface area (Å²) in [5, 5.41) is 0. The molecule has 0 aromatic carbocycles. The van der Waals surface area contributed by atoms with Crippen LogP contribution in [0.15, 0.2) is 36.8 Å². The first-order chi connectivity index (χ1) is 8.75. The minimum atomic E-state index is 0.489. The van der Waals surface area contributed by atoms with Gasteiger partial charge in [-0.25, -0.2) is 9.97 Å². The fourth-order valence-corrected chi connectivity index (χ4v) is 1.98. The summed E-state index contributed by atoms with van der Waals surface area (Å²) >= 11 is 0. The van der Waals surface area contributed by atoms with Crippen LogP contribution in [0, 0.1) is 6.92 Å². The van der Waals surface area contributed by atoms with Gasteiger partial charge >= 0.3 is 0 Å². The van der Waals surface area contributed by atoms with Crippen molar-refractivity contribution in [2.75, 3.05) is 5.73 Å². The fourth-order valence-electron chi connectivity index (χ4n) is 1.98. The molecule has 0 radical (unpaired) electrons. The zero-order valence-corrected chi connectivity index (χ0v) is 10.0. The molecule has 3 aromatic heterocycles. The molecule has 0 aliphatic rings. The molecule has 0 amide bonds. The zero-order chi connectivity index (χ0) is 12.5. The van der Waals surface area contributed by atoms with E-state index in [1.54, 1.807) is 18.6 Å². The Morgan fingerprint density at radius 1 is 1.17 bits per heavy atom. The maximum absolute atomic E-state index is 5.97. The number of pyridine rings is 2. The summed E-state index contributed by atoms with van der Waals surface area (Å²) in [4.78, 5) is 12.7. The molecule has 0 aliphatic heterocycles. The van der Waals surface area contributed by atoms with E-state index in [0.717, 1.165) is 22.3 Å². The largest absolute Gasteiger partial charge is 0.369 e. The second kappa shape index (κ2) is 4.10. The van der Waals surface area contributed by atoms with Crippen LogP contribution in [0.3, 0.4) is 0 Å². The van der Waals surface area contributed by atoms with Gasteiger partial charge in [-0.3, -0.25) is 9.55 Å². The van der Waals surface area contributed by atoms with Crippen molar-refractivity contribution in [1.29, 1.82) is 0 Å². The van der Waals surface area contributed by atoms with E-state index in [-0.39, 0.29) is 0 Å². The highest BCUT2D eigenvalue weighted by Gasteiger charge is 2.11. The Bertz CT molecular complexity index is 687. The molecule has 5 heteroatoms. The summed E-state index contributed by atoms with van der Waals surface area (Å²) in [5.74, 6) is 0.489. The molecule has 18 heavy (non-hydrogen) atoms. The standard InChI is InChI=1S/C13H13N5/c1-9-2-7-16-12-11(9)17-13(14)18(12)8-10-3-5-15-6-4-10/h2-7H,8H2,1H3,(H2,14,17). The zero-order valence-electron chi connectivity index (χ0n) is 10.0. The van der Waals surface area contributed by atoms with Crippen LogP contribution in [-0.4, -0.2) is 19.5 Å². The Morgan fingerprint density at radius 3 is 2.72 bits per heavy atom. The van der Waals surface area contributed by atoms with Gasteiger partial charge in [0.25, 0.3) is 0 Å². The Labute approximate surface area is 104 Å². The first kappa shape index (κ1) is 10.7. The number of aromatic nitrogens is 4. The number of imidazole rings is 1. The van der Waals surface area contributed by atoms with Crippen LogP contribution in [-0.2, 0) is 6.54 Å². The Kier molecular flexibility index (Phi) is 2.44. The summed E-state index contributed by atoms with van der Waals surface area (Å²) in [6, 6.07) is 5.85. The van der Waals surface area contributed by atoms with E-state index < -0.39 is 0 Å². The number of rotatable bonds is 2. The fraction of sp³-hybridized carbons (Fsp3) is 0.154. The van der Waals surface area contributed by atoms with Gasteiger partial charge in [0.1, 0.15) is 5.52 Å². The molecule has 0 saturated carbocycles. The van der Waals surface area contributed by atoms with Crippen LogP contribution in [0.2, 0.25) is 0 Å². The molecule has 0 bridgehead atoms. The lowest BCUT2D eigenvalue weighted by Crippen LogP contribution is -2.05. The lowest BCUT2D eigenvalue weighted by molar-refractivity contribution is 0.826. The van der Waals surface area contributed by atoms with Gasteiger partial charge in [0.2, 0.25) is 5.95 Å². The van der Waals surface area contributed by atoms with Gasteiger partial charge in [0.05, 0.1) is 6.54 Å². The van der Waals surface area contributed by atoms with Crippen LogP contribution >= 0.6 is 0 Å². The lowest BCUT2D eigenvalue weighted by atomic mass is 10.2. The predicted molar refractivity (Wildman–Crippen MR) is 70.0 cm³/mol. The topological polar surface area (TPSA) is 69.6 Å². The first-order valence-electron chi connectivity index (χ1n) is 5.72. The number of hydrogen-bond acceptors (Lipinski definition) is 4. The normalized spacial score (nSPS) is 10.9. The molecule has 0 unspecified atom stereocenters. The minimum absolute atomic E-state index is 0.489. The van der Waals surface area contributed by atoms with Gasteiger partial charge in [-0.05, 0) is 36.2 Å². The third kappa shape index (κ3) is 1.69. The first-order valence-corrected chi connectivity index (χ1v) is 5.72. The summed E-state index contributed by atoms with van der Waals surface area (Å²) < 4.78 is 1.91. The Morgan fingerprint density at radius 2 is 1.94 bits per heavy atom. The quantitative estimate of drug-likeness (QED) is 0.739. The van der Waals surface area contributed by atoms with Crippen molar-refractivity contribution in [2.45, 2.75) is 13.5 Å². The number of nitrogens with two attached hydrogens (primary N) is 1. The third-order valence-electron chi connectivity index (χ3n) is 2.96. The van der Waals surface area contributed by atoms with E-state index in [2.05, 4.69) is 15.0 Å². The van der Waals surface area contributed by atoms with E-state index in [1.165, 1.54) is 0 Å². The molecule has 3 aromatic rings. The molecular weight excluding hydrogens is 226 g/mol. The molecule has 2 N–H and O–H groups in total. The van der Waals surface area contributed by atoms with Crippen LogP contribution in [0.5, 0.6) is 0 Å². The van der Waals surface area contributed by atoms with Crippen molar-refractivity contribution in [3.05, 3.63) is 47.9 Å². The number of anilines is 1. The molecule has 3 heterocycles. The smallest absolute Gasteiger partial charge is 0.202 e. The second-order valence-corrected chi connectivity index (χ2v) is 4.21. The van der Waals surface area contributed by atoms with Crippen molar-refractivity contribution >= 4 is 17.1 Å². The van der Waals surface area contributed by atoms with Crippen LogP contribution < -0.4 is 5.73 Å². The number of nitrogens with zero attached hydrogens (tertiary/aromatic N) is 4. The summed E-state index contributed by atoms with van der Waals surface area (Å²) in [6.45, 7) is 2.66. The van der Waals surface area contributed by atoms with Gasteiger partial charge < -0.3 is 5.73 Å². The monoisotopic (exact) mass is 239 g/mol. The van der Waals surface area contributed by atoms with Crippen molar-refractivity contribution < 1.29 is 0 Å². The molecule has 0 fully saturated rings. The molecule has 0 atom stereocenters. The highest BCUT2D eigenvalue weighted by molar-refractivity contribution is 5.77. The maximum atomic E-state index is 5.97. The Balaban J connectivity index is 2.12. The van der Waals surface area contributed by atoms with E-state index >= 15 is 0 Å². The summed E-state index contributed by atoms with van der Waals surface area (Å²) in [5.41, 5.74) is 9.86. The second-order valence-electron chi connectivity index (χ2n) is 4.21. The van der Waals surface area contributed by atoms with Gasteiger partial charge in [0.15, 0.2) is 5.65 Å². The molecular formula is C13H13N5. The van der Waals surface area contributed by atoms with Crippen molar-refractivity contribution in [3.63, 3.8) is 0 Å². The van der Waals surface area contributed by atoms with E-state index in [9.17, 15) is 0 Å². The van der Waals surface area contributed by atoms with Crippen LogP contribution in [0.25, 0.3) is 11.2 Å². The Hall–Kier alpha value is -2.43. The predicted octanol–water partition coefficient (Wildman–Crippen LogP) is 1.77. The molecule has 3 rings (SSSR count). The van der Waals surface area contributed by atoms with Crippen molar-refractivity contribution in [2.24, 2.45) is 0 Å². The minimum Gasteiger partial charge on any atom is -0.369 e. The van der Waals surface area contributed by atoms with Gasteiger partial charge in [-0.15, -0.1) is 0 Å². The number of fused-ring (bicyclic) bond motifs is 1. The van der Waals surface area contributed by atoms with Gasteiger partial charge in [-0.1, -0.05) is 0 Å². The van der Waals surface area contributed by atoms with Crippen LogP contribution in [0.4, 0.5) is 5.95 Å². The number of aryl methyl sites for hydroxylation is 1. The van der Waals surface area contributed by atoms with Gasteiger partial charge in [-0.2, -0.15) is 0 Å². The van der Waals surface area contributed by atoms with E-state index in [1.807, 2.05) is 29.7 Å². The van der Waals surface area contributed by atoms with Crippen LogP contribution in [0.1, 0.15) is 11.1 Å². The highest BCUT2D eigenvalue weighted by atomic mass is 15.2. The van der Waals surface area contributed by atoms with Gasteiger partial charge in [0, 0.05) is 18.6 Å². The van der Waals surface area contributed by atoms with E-state index in [0.29, 0.717) is 12.5 Å². The molecule has 0 aliphatic carbocycles. The van der Waals surface area contributed by atoms with Crippen molar-refractivity contribution in [1.82, 2.24) is 19.5 Å². The maximum Gasteiger partial charge on any atom is 0.202 e. The third-order valence-corrected chi connectivity index (χ3v) is 2.96. The number of hydrogen-bond donors (Lipinski definition) is 1. The van der Waals surface area contributed by atoms with Crippen molar-refractivity contribution in [3.8, 4) is 0 Å². The highest BCUT2D eigenvalue weighted by Crippen LogP contribution is 2.19. The molecule has 0 spiro atoms. The average molecular weight is 239 g/mol. The lowest BCUT2D eigenvalue weighted by Gasteiger charge is -2.05. The average Bonchev–Trinajstić information content (AvgIpc) is 2.70.